The molecule has 1 aromatic rings. The number of amides is 1. The van der Waals surface area contributed by atoms with Gasteiger partial charge >= 0.3 is 12.1 Å². The van der Waals surface area contributed by atoms with Crippen LogP contribution in [0, 0.1) is 12.3 Å². The van der Waals surface area contributed by atoms with Crippen molar-refractivity contribution in [1.29, 1.82) is 0 Å². The third-order valence-corrected chi connectivity index (χ3v) is 3.94. The van der Waals surface area contributed by atoms with Crippen LogP contribution in [-0.4, -0.2) is 52.1 Å². The summed E-state index contributed by atoms with van der Waals surface area (Å²) < 4.78 is 26.1. The highest BCUT2D eigenvalue weighted by Gasteiger charge is 2.26. The van der Waals surface area contributed by atoms with Gasteiger partial charge in [0.15, 0.2) is 11.5 Å². The Kier molecular flexibility index (Phi) is 8.64. The molecular weight excluding hydrogens is 378 g/mol. The molecule has 1 N–H and O–H groups in total. The number of benzene rings is 1. The van der Waals surface area contributed by atoms with Crippen LogP contribution < -0.4 is 19.5 Å². The zero-order valence-corrected chi connectivity index (χ0v) is 18.0. The summed E-state index contributed by atoms with van der Waals surface area (Å²) >= 11 is 0. The molecule has 0 saturated carbocycles. The van der Waals surface area contributed by atoms with Crippen LogP contribution in [0.3, 0.4) is 0 Å². The van der Waals surface area contributed by atoms with Gasteiger partial charge in [0.2, 0.25) is 5.75 Å². The van der Waals surface area contributed by atoms with Gasteiger partial charge in [-0.2, -0.15) is 0 Å². The van der Waals surface area contributed by atoms with Gasteiger partial charge in [-0.25, -0.2) is 9.59 Å². The molecule has 1 atom stereocenters. The maximum absolute atomic E-state index is 12.1. The Bertz CT molecular complexity index is 775. The number of alkyl carbamates (subject to hydrolysis) is 1. The molecule has 29 heavy (non-hydrogen) atoms. The highest BCUT2D eigenvalue weighted by atomic mass is 16.6. The molecule has 1 aromatic carbocycles. The maximum Gasteiger partial charge on any atom is 0.408 e. The summed E-state index contributed by atoms with van der Waals surface area (Å²) in [7, 11) is 5.71. The topological polar surface area (TPSA) is 92.3 Å². The van der Waals surface area contributed by atoms with Gasteiger partial charge in [0, 0.05) is 0 Å². The van der Waals surface area contributed by atoms with Crippen LogP contribution in [0.2, 0.25) is 0 Å². The van der Waals surface area contributed by atoms with Crippen molar-refractivity contribution in [2.45, 2.75) is 45.3 Å². The lowest BCUT2D eigenvalue weighted by Crippen LogP contribution is -2.44. The molecule has 0 saturated heterocycles. The van der Waals surface area contributed by atoms with Crippen molar-refractivity contribution < 1.29 is 33.3 Å². The summed E-state index contributed by atoms with van der Waals surface area (Å²) in [5.41, 5.74) is 0.478. The van der Waals surface area contributed by atoms with E-state index >= 15 is 0 Å². The van der Waals surface area contributed by atoms with Crippen molar-refractivity contribution in [3.63, 3.8) is 0 Å². The van der Waals surface area contributed by atoms with E-state index in [2.05, 4.69) is 11.2 Å². The standard InChI is InChI=1S/C21H29NO7/c1-9-14-13(12-16(25-5)18(27-7)17(14)26-6)10-11-15(19(23)28-8)22-20(24)29-21(2,3)4/h1,12,15H,10-11H2,2-8H3,(H,22,24)/t15-/m0/s1. The third kappa shape index (κ3) is 6.49. The molecule has 0 aliphatic heterocycles. The van der Waals surface area contributed by atoms with Crippen molar-refractivity contribution in [3.05, 3.63) is 17.2 Å². The number of ether oxygens (including phenoxy) is 5. The summed E-state index contributed by atoms with van der Waals surface area (Å²) in [6.45, 7) is 5.19. The lowest BCUT2D eigenvalue weighted by atomic mass is 9.98. The number of aryl methyl sites for hydroxylation is 1. The molecule has 0 aliphatic carbocycles. The second kappa shape index (κ2) is 10.5. The lowest BCUT2D eigenvalue weighted by Gasteiger charge is -2.23. The van der Waals surface area contributed by atoms with Crippen LogP contribution >= 0.6 is 0 Å². The maximum atomic E-state index is 12.1. The average Bonchev–Trinajstić information content (AvgIpc) is 2.67. The predicted octanol–water partition coefficient (Wildman–Crippen LogP) is 2.69. The molecule has 8 nitrogen and oxygen atoms in total. The van der Waals surface area contributed by atoms with Gasteiger partial charge in [-0.3, -0.25) is 0 Å². The summed E-state index contributed by atoms with van der Waals surface area (Å²) in [5, 5.41) is 2.54. The molecule has 160 valence electrons. The summed E-state index contributed by atoms with van der Waals surface area (Å²) in [6, 6.07) is 0.804. The fraction of sp³-hybridized carbons (Fsp3) is 0.524. The van der Waals surface area contributed by atoms with Crippen molar-refractivity contribution >= 4 is 12.1 Å². The Morgan fingerprint density at radius 1 is 1.10 bits per heavy atom. The first-order chi connectivity index (χ1) is 13.6. The van der Waals surface area contributed by atoms with Crippen molar-refractivity contribution in [2.75, 3.05) is 28.4 Å². The van der Waals surface area contributed by atoms with Crippen LogP contribution in [0.4, 0.5) is 4.79 Å². The molecule has 0 heterocycles. The monoisotopic (exact) mass is 407 g/mol. The number of nitrogens with one attached hydrogen (secondary N) is 1. The van der Waals surface area contributed by atoms with Gasteiger partial charge < -0.3 is 29.0 Å². The number of terminal acetylenes is 1. The minimum Gasteiger partial charge on any atom is -0.493 e. The van der Waals surface area contributed by atoms with Gasteiger partial charge in [-0.15, -0.1) is 6.42 Å². The largest absolute Gasteiger partial charge is 0.493 e. The highest BCUT2D eigenvalue weighted by Crippen LogP contribution is 2.42. The molecule has 1 rings (SSSR count). The number of esters is 1. The molecule has 0 spiro atoms. The molecule has 0 bridgehead atoms. The lowest BCUT2D eigenvalue weighted by molar-refractivity contribution is -0.143. The van der Waals surface area contributed by atoms with E-state index in [-0.39, 0.29) is 6.42 Å². The van der Waals surface area contributed by atoms with E-state index in [9.17, 15) is 9.59 Å². The van der Waals surface area contributed by atoms with Gasteiger partial charge in [-0.1, -0.05) is 5.92 Å². The predicted molar refractivity (Wildman–Crippen MR) is 108 cm³/mol. The molecule has 0 fully saturated rings. The summed E-state index contributed by atoms with van der Waals surface area (Å²) in [6.07, 6.45) is 5.52. The van der Waals surface area contributed by atoms with E-state index in [1.165, 1.54) is 28.4 Å². The summed E-state index contributed by atoms with van der Waals surface area (Å²) in [4.78, 5) is 24.2. The fourth-order valence-electron chi connectivity index (χ4n) is 2.70. The second-order valence-corrected chi connectivity index (χ2v) is 7.08. The Morgan fingerprint density at radius 3 is 2.17 bits per heavy atom. The number of methoxy groups -OCH3 is 4. The van der Waals surface area contributed by atoms with E-state index in [0.29, 0.717) is 34.8 Å². The van der Waals surface area contributed by atoms with Crippen LogP contribution in [0.15, 0.2) is 6.07 Å². The number of rotatable bonds is 8. The molecular formula is C21H29NO7. The highest BCUT2D eigenvalue weighted by molar-refractivity contribution is 5.81. The van der Waals surface area contributed by atoms with Crippen molar-refractivity contribution in [1.82, 2.24) is 5.32 Å². The SMILES string of the molecule is C#Cc1c(CC[C@H](NC(=O)OC(C)(C)C)C(=O)OC)cc(OC)c(OC)c1OC. The van der Waals surface area contributed by atoms with Gasteiger partial charge in [0.25, 0.3) is 0 Å². The number of hydrogen-bond acceptors (Lipinski definition) is 7. The van der Waals surface area contributed by atoms with Crippen LogP contribution in [-0.2, 0) is 20.7 Å². The van der Waals surface area contributed by atoms with E-state index in [0.717, 1.165) is 0 Å². The zero-order valence-electron chi connectivity index (χ0n) is 18.0. The number of hydrogen-bond donors (Lipinski definition) is 1. The minimum absolute atomic E-state index is 0.221. The molecule has 1 amide bonds. The normalized spacial score (nSPS) is 11.7. The number of carbonyl (C=O) groups is 2. The van der Waals surface area contributed by atoms with E-state index in [1.54, 1.807) is 26.8 Å². The second-order valence-electron chi connectivity index (χ2n) is 7.08. The zero-order chi connectivity index (χ0) is 22.2. The quantitative estimate of drug-likeness (QED) is 0.523. The Balaban J connectivity index is 3.15. The fourth-order valence-corrected chi connectivity index (χ4v) is 2.70. The minimum atomic E-state index is -0.917. The smallest absolute Gasteiger partial charge is 0.408 e. The first-order valence-corrected chi connectivity index (χ1v) is 8.97. The molecule has 0 aliphatic rings. The third-order valence-electron chi connectivity index (χ3n) is 3.94. The first kappa shape index (κ1) is 24.0. The van der Waals surface area contributed by atoms with E-state index in [4.69, 9.17) is 30.1 Å². The van der Waals surface area contributed by atoms with Gasteiger partial charge in [-0.05, 0) is 45.2 Å². The van der Waals surface area contributed by atoms with Crippen LogP contribution in [0.1, 0.15) is 38.3 Å². The van der Waals surface area contributed by atoms with E-state index in [1.807, 2.05) is 0 Å². The Morgan fingerprint density at radius 2 is 1.72 bits per heavy atom. The average molecular weight is 407 g/mol. The molecule has 0 radical (unpaired) electrons. The van der Waals surface area contributed by atoms with Crippen molar-refractivity contribution in [3.8, 4) is 29.6 Å². The first-order valence-electron chi connectivity index (χ1n) is 8.97. The van der Waals surface area contributed by atoms with Crippen LogP contribution in [0.25, 0.3) is 0 Å². The Labute approximate surface area is 171 Å². The van der Waals surface area contributed by atoms with Gasteiger partial charge in [0.1, 0.15) is 11.6 Å². The van der Waals surface area contributed by atoms with Crippen LogP contribution in [0.5, 0.6) is 17.2 Å². The molecule has 0 unspecified atom stereocenters. The van der Waals surface area contributed by atoms with Crippen molar-refractivity contribution in [2.24, 2.45) is 0 Å². The summed E-state index contributed by atoms with van der Waals surface area (Å²) in [5.74, 6) is 3.18. The molecule has 8 heteroatoms. The van der Waals surface area contributed by atoms with Gasteiger partial charge in [0.05, 0.1) is 34.0 Å². The molecule has 0 aromatic heterocycles. The Hall–Kier alpha value is -3.08. The number of carbonyl (C=O) groups excluding carboxylic acids is 2. The van der Waals surface area contributed by atoms with E-state index < -0.39 is 23.7 Å².